The molecule has 0 bridgehead atoms. The standard InChI is InChI=1S/C13H9ClF2O2/c14-9-2-1-3-10(6-9)18-13-11(15)4-8(7-17)5-12(13)16/h1-6,17H,7H2. The first-order valence-corrected chi connectivity index (χ1v) is 5.50. The first-order valence-electron chi connectivity index (χ1n) is 5.12. The topological polar surface area (TPSA) is 29.5 Å². The Bertz CT molecular complexity index is 550. The highest BCUT2D eigenvalue weighted by Gasteiger charge is 2.13. The van der Waals surface area contributed by atoms with E-state index in [1.807, 2.05) is 0 Å². The maximum atomic E-state index is 13.6. The summed E-state index contributed by atoms with van der Waals surface area (Å²) in [4.78, 5) is 0. The summed E-state index contributed by atoms with van der Waals surface area (Å²) in [6.07, 6.45) is 0. The molecule has 1 N–H and O–H groups in total. The zero-order chi connectivity index (χ0) is 13.1. The molecule has 0 radical (unpaired) electrons. The maximum absolute atomic E-state index is 13.6. The van der Waals surface area contributed by atoms with E-state index in [2.05, 4.69) is 0 Å². The summed E-state index contributed by atoms with van der Waals surface area (Å²) >= 11 is 5.74. The number of hydrogen-bond acceptors (Lipinski definition) is 2. The Morgan fingerprint density at radius 2 is 1.78 bits per heavy atom. The second-order valence-electron chi connectivity index (χ2n) is 3.61. The Labute approximate surface area is 107 Å². The summed E-state index contributed by atoms with van der Waals surface area (Å²) in [5.74, 6) is -2.04. The lowest BCUT2D eigenvalue weighted by Gasteiger charge is -2.09. The van der Waals surface area contributed by atoms with Crippen LogP contribution in [0.1, 0.15) is 5.56 Å². The Hall–Kier alpha value is -1.65. The molecule has 2 nitrogen and oxygen atoms in total. The minimum atomic E-state index is -0.876. The second-order valence-corrected chi connectivity index (χ2v) is 4.04. The van der Waals surface area contributed by atoms with Gasteiger partial charge in [0.15, 0.2) is 17.4 Å². The van der Waals surface area contributed by atoms with Crippen molar-refractivity contribution in [2.75, 3.05) is 0 Å². The van der Waals surface area contributed by atoms with Crippen LogP contribution in [0.3, 0.4) is 0 Å². The average molecular weight is 271 g/mol. The first kappa shape index (κ1) is 12.8. The highest BCUT2D eigenvalue weighted by molar-refractivity contribution is 6.30. The normalized spacial score (nSPS) is 10.4. The van der Waals surface area contributed by atoms with Crippen LogP contribution in [0, 0.1) is 11.6 Å². The molecule has 0 amide bonds. The molecule has 0 unspecified atom stereocenters. The van der Waals surface area contributed by atoms with Crippen molar-refractivity contribution in [3.8, 4) is 11.5 Å². The highest BCUT2D eigenvalue weighted by atomic mass is 35.5. The first-order chi connectivity index (χ1) is 8.60. The van der Waals surface area contributed by atoms with E-state index in [1.165, 1.54) is 12.1 Å². The summed E-state index contributed by atoms with van der Waals surface area (Å²) in [6.45, 7) is -0.439. The van der Waals surface area contributed by atoms with Gasteiger partial charge in [-0.15, -0.1) is 0 Å². The van der Waals surface area contributed by atoms with Gasteiger partial charge >= 0.3 is 0 Å². The maximum Gasteiger partial charge on any atom is 0.198 e. The van der Waals surface area contributed by atoms with Crippen LogP contribution in [0.4, 0.5) is 8.78 Å². The zero-order valence-corrected chi connectivity index (χ0v) is 9.92. The van der Waals surface area contributed by atoms with Gasteiger partial charge < -0.3 is 9.84 Å². The molecule has 0 aliphatic carbocycles. The predicted octanol–water partition coefficient (Wildman–Crippen LogP) is 3.90. The van der Waals surface area contributed by atoms with Crippen LogP contribution >= 0.6 is 11.6 Å². The highest BCUT2D eigenvalue weighted by Crippen LogP contribution is 2.29. The predicted molar refractivity (Wildman–Crippen MR) is 63.8 cm³/mol. The lowest BCUT2D eigenvalue weighted by molar-refractivity contribution is 0.279. The minimum Gasteiger partial charge on any atom is -0.451 e. The molecular formula is C13H9ClF2O2. The third kappa shape index (κ3) is 2.78. The van der Waals surface area contributed by atoms with Crippen molar-refractivity contribution in [3.05, 3.63) is 58.6 Å². The minimum absolute atomic E-state index is 0.142. The number of benzene rings is 2. The molecule has 0 saturated heterocycles. The molecule has 0 heterocycles. The quantitative estimate of drug-likeness (QED) is 0.916. The second kappa shape index (κ2) is 5.33. The van der Waals surface area contributed by atoms with Crippen molar-refractivity contribution in [3.63, 3.8) is 0 Å². The van der Waals surface area contributed by atoms with E-state index in [0.717, 1.165) is 12.1 Å². The number of rotatable bonds is 3. The molecule has 0 fully saturated rings. The average Bonchev–Trinajstić information content (AvgIpc) is 2.33. The Morgan fingerprint density at radius 3 is 2.33 bits per heavy atom. The van der Waals surface area contributed by atoms with Gasteiger partial charge in [-0.05, 0) is 35.9 Å². The molecule has 0 aliphatic rings. The molecule has 18 heavy (non-hydrogen) atoms. The Balaban J connectivity index is 2.35. The molecule has 0 saturated carbocycles. The van der Waals surface area contributed by atoms with Gasteiger partial charge in [0.2, 0.25) is 0 Å². The third-order valence-electron chi connectivity index (χ3n) is 2.26. The molecule has 2 rings (SSSR count). The van der Waals surface area contributed by atoms with Gasteiger partial charge in [0.05, 0.1) is 6.61 Å². The Kier molecular flexibility index (Phi) is 3.79. The van der Waals surface area contributed by atoms with Gasteiger partial charge in [0.1, 0.15) is 5.75 Å². The number of ether oxygens (including phenoxy) is 1. The summed E-state index contributed by atoms with van der Waals surface area (Å²) in [7, 11) is 0. The van der Waals surface area contributed by atoms with Crippen molar-refractivity contribution >= 4 is 11.6 Å². The van der Waals surface area contributed by atoms with E-state index < -0.39 is 24.0 Å². The SMILES string of the molecule is OCc1cc(F)c(Oc2cccc(Cl)c2)c(F)c1. The van der Waals surface area contributed by atoms with Gasteiger partial charge in [0, 0.05) is 5.02 Å². The summed E-state index contributed by atoms with van der Waals surface area (Å²) in [5, 5.41) is 9.21. The largest absolute Gasteiger partial charge is 0.451 e. The van der Waals surface area contributed by atoms with Crippen molar-refractivity contribution in [2.45, 2.75) is 6.61 Å². The summed E-state index contributed by atoms with van der Waals surface area (Å²) in [6, 6.07) is 8.24. The molecule has 0 aromatic heterocycles. The smallest absolute Gasteiger partial charge is 0.198 e. The van der Waals surface area contributed by atoms with Gasteiger partial charge in [-0.25, -0.2) is 8.78 Å². The van der Waals surface area contributed by atoms with Gasteiger partial charge in [-0.2, -0.15) is 0 Å². The van der Waals surface area contributed by atoms with Crippen molar-refractivity contribution in [2.24, 2.45) is 0 Å². The fraction of sp³-hybridized carbons (Fsp3) is 0.0769. The van der Waals surface area contributed by atoms with E-state index in [9.17, 15) is 8.78 Å². The van der Waals surface area contributed by atoms with Crippen LogP contribution in [0.5, 0.6) is 11.5 Å². The molecule has 2 aromatic carbocycles. The Morgan fingerprint density at radius 1 is 1.11 bits per heavy atom. The molecule has 0 aliphatic heterocycles. The lowest BCUT2D eigenvalue weighted by Crippen LogP contribution is -1.95. The molecule has 0 spiro atoms. The van der Waals surface area contributed by atoms with Crippen LogP contribution < -0.4 is 4.74 Å². The van der Waals surface area contributed by atoms with E-state index in [-0.39, 0.29) is 11.3 Å². The zero-order valence-electron chi connectivity index (χ0n) is 9.16. The fourth-order valence-electron chi connectivity index (χ4n) is 1.45. The van der Waals surface area contributed by atoms with E-state index in [1.54, 1.807) is 12.1 Å². The fourth-order valence-corrected chi connectivity index (χ4v) is 1.63. The molecule has 2 aromatic rings. The van der Waals surface area contributed by atoms with Crippen molar-refractivity contribution in [1.82, 2.24) is 0 Å². The van der Waals surface area contributed by atoms with E-state index >= 15 is 0 Å². The van der Waals surface area contributed by atoms with Crippen molar-refractivity contribution < 1.29 is 18.6 Å². The van der Waals surface area contributed by atoms with Crippen LogP contribution in [0.15, 0.2) is 36.4 Å². The summed E-state index contributed by atoms with van der Waals surface area (Å²) < 4.78 is 32.3. The van der Waals surface area contributed by atoms with Gasteiger partial charge in [-0.3, -0.25) is 0 Å². The molecule has 0 atom stereocenters. The van der Waals surface area contributed by atoms with Gasteiger partial charge in [0.25, 0.3) is 0 Å². The molecule has 5 heteroatoms. The monoisotopic (exact) mass is 270 g/mol. The number of halogens is 3. The number of hydrogen-bond donors (Lipinski definition) is 1. The van der Waals surface area contributed by atoms with E-state index in [0.29, 0.717) is 5.02 Å². The van der Waals surface area contributed by atoms with Crippen LogP contribution in [-0.4, -0.2) is 5.11 Å². The van der Waals surface area contributed by atoms with Crippen LogP contribution in [0.25, 0.3) is 0 Å². The number of aliphatic hydroxyl groups is 1. The third-order valence-corrected chi connectivity index (χ3v) is 2.49. The molecule has 94 valence electrons. The number of aliphatic hydroxyl groups excluding tert-OH is 1. The van der Waals surface area contributed by atoms with Crippen LogP contribution in [0.2, 0.25) is 5.02 Å². The lowest BCUT2D eigenvalue weighted by atomic mass is 10.2. The molecular weight excluding hydrogens is 262 g/mol. The van der Waals surface area contributed by atoms with Crippen molar-refractivity contribution in [1.29, 1.82) is 0 Å². The van der Waals surface area contributed by atoms with E-state index in [4.69, 9.17) is 21.4 Å². The summed E-state index contributed by atoms with van der Waals surface area (Å²) in [5.41, 5.74) is 0.142. The van der Waals surface area contributed by atoms with Gasteiger partial charge in [-0.1, -0.05) is 17.7 Å². The van der Waals surface area contributed by atoms with Crippen LogP contribution in [-0.2, 0) is 6.61 Å².